The number of nitrogens with zero attached hydrogens (tertiary/aromatic N) is 2. The molecule has 2 aromatic heterocycles. The summed E-state index contributed by atoms with van der Waals surface area (Å²) < 4.78 is 1.81. The summed E-state index contributed by atoms with van der Waals surface area (Å²) in [5.41, 5.74) is 1.62. The molecule has 0 saturated carbocycles. The van der Waals surface area contributed by atoms with Crippen molar-refractivity contribution >= 4 is 38.9 Å². The van der Waals surface area contributed by atoms with E-state index in [-0.39, 0.29) is 29.8 Å². The molecule has 27 heavy (non-hydrogen) atoms. The molecule has 0 saturated heterocycles. The van der Waals surface area contributed by atoms with Crippen LogP contribution in [-0.4, -0.2) is 26.8 Å². The van der Waals surface area contributed by atoms with Crippen LogP contribution in [0.2, 0.25) is 5.02 Å². The molecule has 3 aromatic rings. The maximum atomic E-state index is 12.6. The minimum Gasteiger partial charge on any atom is -0.508 e. The van der Waals surface area contributed by atoms with Crippen molar-refractivity contribution in [1.82, 2.24) is 15.1 Å². The largest absolute Gasteiger partial charge is 0.508 e. The molecule has 6 nitrogen and oxygen atoms in total. The van der Waals surface area contributed by atoms with Crippen molar-refractivity contribution in [2.24, 2.45) is 0 Å². The molecule has 1 amide bonds. The second-order valence-corrected chi connectivity index (χ2v) is 8.21. The summed E-state index contributed by atoms with van der Waals surface area (Å²) in [6, 6.07) is 4.56. The number of aromatic nitrogens is 2. The molecular formula is C19H20ClN3O3S. The summed E-state index contributed by atoms with van der Waals surface area (Å²) in [5, 5.41) is 17.7. The van der Waals surface area contributed by atoms with Crippen LogP contribution in [0.25, 0.3) is 10.1 Å². The lowest BCUT2D eigenvalue weighted by Crippen LogP contribution is -2.39. The summed E-state index contributed by atoms with van der Waals surface area (Å²) in [7, 11) is 0. The molecule has 1 unspecified atom stereocenters. The normalized spacial score (nSPS) is 12.3. The van der Waals surface area contributed by atoms with E-state index in [0.717, 1.165) is 21.4 Å². The molecular weight excluding hydrogens is 386 g/mol. The van der Waals surface area contributed by atoms with Crippen LogP contribution in [0, 0.1) is 13.8 Å². The van der Waals surface area contributed by atoms with Gasteiger partial charge in [-0.3, -0.25) is 9.59 Å². The molecule has 1 aromatic carbocycles. The fraction of sp³-hybridized carbons (Fsp3) is 0.316. The van der Waals surface area contributed by atoms with E-state index in [1.807, 2.05) is 20.8 Å². The van der Waals surface area contributed by atoms with Gasteiger partial charge in [0.1, 0.15) is 17.0 Å². The maximum Gasteiger partial charge on any atom is 0.285 e. The van der Waals surface area contributed by atoms with E-state index in [1.54, 1.807) is 18.3 Å². The van der Waals surface area contributed by atoms with E-state index in [2.05, 4.69) is 10.4 Å². The predicted octanol–water partition coefficient (Wildman–Crippen LogP) is 3.18. The maximum absolute atomic E-state index is 12.6. The highest BCUT2D eigenvalue weighted by Crippen LogP contribution is 2.26. The third kappa shape index (κ3) is 4.14. The molecule has 0 fully saturated rings. The van der Waals surface area contributed by atoms with Crippen molar-refractivity contribution in [1.29, 1.82) is 0 Å². The number of thiophene rings is 1. The van der Waals surface area contributed by atoms with Crippen LogP contribution in [0.5, 0.6) is 5.75 Å². The van der Waals surface area contributed by atoms with Crippen molar-refractivity contribution in [2.75, 3.05) is 0 Å². The lowest BCUT2D eigenvalue weighted by atomic mass is 10.1. The highest BCUT2D eigenvalue weighted by Gasteiger charge is 2.15. The highest BCUT2D eigenvalue weighted by molar-refractivity contribution is 7.19. The van der Waals surface area contributed by atoms with Crippen LogP contribution in [0.1, 0.15) is 22.9 Å². The number of nitrogens with one attached hydrogen (secondary N) is 1. The van der Waals surface area contributed by atoms with Gasteiger partial charge in [-0.1, -0.05) is 17.7 Å². The van der Waals surface area contributed by atoms with Crippen molar-refractivity contribution in [3.05, 3.63) is 55.8 Å². The Balaban J connectivity index is 1.69. The first-order valence-corrected chi connectivity index (χ1v) is 9.68. The SMILES string of the molecule is Cc1sc2c(=O)n(CC(=O)NC(C)Cc3ccc(O)cc3Cl)ncc2c1C. The molecule has 142 valence electrons. The van der Waals surface area contributed by atoms with Crippen LogP contribution in [-0.2, 0) is 17.8 Å². The number of hydrogen-bond acceptors (Lipinski definition) is 5. The summed E-state index contributed by atoms with van der Waals surface area (Å²) in [6.07, 6.45) is 2.15. The van der Waals surface area contributed by atoms with Crippen LogP contribution >= 0.6 is 22.9 Å². The number of carbonyl (C=O) groups is 1. The van der Waals surface area contributed by atoms with E-state index in [1.165, 1.54) is 22.1 Å². The standard InChI is InChI=1S/C19H20ClN3O3S/c1-10(6-13-4-5-14(24)7-16(13)20)22-17(25)9-23-19(26)18-15(8-21-23)11(2)12(3)27-18/h4-5,7-8,10,24H,6,9H2,1-3H3,(H,22,25). The Morgan fingerprint density at radius 3 is 2.85 bits per heavy atom. The number of fused-ring (bicyclic) bond motifs is 1. The minimum atomic E-state index is -0.295. The zero-order valence-electron chi connectivity index (χ0n) is 15.2. The molecule has 8 heteroatoms. The number of hydrogen-bond donors (Lipinski definition) is 2. The number of amides is 1. The Morgan fingerprint density at radius 2 is 2.15 bits per heavy atom. The summed E-state index contributed by atoms with van der Waals surface area (Å²) >= 11 is 7.53. The fourth-order valence-corrected chi connectivity index (χ4v) is 4.24. The monoisotopic (exact) mass is 405 g/mol. The van der Waals surface area contributed by atoms with Crippen LogP contribution in [0.3, 0.4) is 0 Å². The van der Waals surface area contributed by atoms with Crippen LogP contribution in [0.15, 0.2) is 29.2 Å². The number of aromatic hydroxyl groups is 1. The number of aryl methyl sites for hydroxylation is 2. The lowest BCUT2D eigenvalue weighted by Gasteiger charge is -2.15. The van der Waals surface area contributed by atoms with E-state index in [0.29, 0.717) is 16.1 Å². The summed E-state index contributed by atoms with van der Waals surface area (Å²) in [6.45, 7) is 5.64. The van der Waals surface area contributed by atoms with Crippen molar-refractivity contribution < 1.29 is 9.90 Å². The van der Waals surface area contributed by atoms with Gasteiger partial charge in [-0.05, 0) is 50.5 Å². The van der Waals surface area contributed by atoms with E-state index < -0.39 is 0 Å². The third-order valence-corrected chi connectivity index (χ3v) is 6.01. The first kappa shape index (κ1) is 19.4. The van der Waals surface area contributed by atoms with E-state index in [4.69, 9.17) is 11.6 Å². The zero-order chi connectivity index (χ0) is 19.7. The molecule has 0 aliphatic carbocycles. The number of benzene rings is 1. The first-order valence-electron chi connectivity index (χ1n) is 8.49. The number of phenols is 1. The Morgan fingerprint density at radius 1 is 1.41 bits per heavy atom. The van der Waals surface area contributed by atoms with Gasteiger partial charge in [0.15, 0.2) is 0 Å². The lowest BCUT2D eigenvalue weighted by molar-refractivity contribution is -0.122. The van der Waals surface area contributed by atoms with Crippen molar-refractivity contribution in [2.45, 2.75) is 39.8 Å². The van der Waals surface area contributed by atoms with Gasteiger partial charge in [0.2, 0.25) is 5.91 Å². The number of rotatable bonds is 5. The van der Waals surface area contributed by atoms with Crippen molar-refractivity contribution in [3.63, 3.8) is 0 Å². The molecule has 2 heterocycles. The summed E-state index contributed by atoms with van der Waals surface area (Å²) in [4.78, 5) is 26.0. The molecule has 0 bridgehead atoms. The van der Waals surface area contributed by atoms with Gasteiger partial charge in [0.25, 0.3) is 5.56 Å². The molecule has 0 spiro atoms. The van der Waals surface area contributed by atoms with Crippen LogP contribution in [0.4, 0.5) is 0 Å². The third-order valence-electron chi connectivity index (χ3n) is 4.45. The molecule has 0 radical (unpaired) electrons. The Hall–Kier alpha value is -2.38. The van der Waals surface area contributed by atoms with Crippen LogP contribution < -0.4 is 10.9 Å². The van der Waals surface area contributed by atoms with Gasteiger partial charge in [0, 0.05) is 21.3 Å². The van der Waals surface area contributed by atoms with Gasteiger partial charge < -0.3 is 10.4 Å². The first-order chi connectivity index (χ1) is 12.8. The topological polar surface area (TPSA) is 84.2 Å². The Bertz CT molecular complexity index is 1070. The van der Waals surface area contributed by atoms with Gasteiger partial charge in [-0.25, -0.2) is 4.68 Å². The second kappa shape index (κ2) is 7.70. The van der Waals surface area contributed by atoms with E-state index >= 15 is 0 Å². The fourth-order valence-electron chi connectivity index (χ4n) is 2.91. The van der Waals surface area contributed by atoms with Gasteiger partial charge >= 0.3 is 0 Å². The average molecular weight is 406 g/mol. The van der Waals surface area contributed by atoms with E-state index in [9.17, 15) is 14.7 Å². The zero-order valence-corrected chi connectivity index (χ0v) is 16.8. The smallest absolute Gasteiger partial charge is 0.285 e. The molecule has 0 aliphatic heterocycles. The highest BCUT2D eigenvalue weighted by atomic mass is 35.5. The summed E-state index contributed by atoms with van der Waals surface area (Å²) in [5.74, 6) is -0.198. The quantitative estimate of drug-likeness (QED) is 0.682. The number of halogens is 1. The average Bonchev–Trinajstić information content (AvgIpc) is 2.88. The molecule has 0 aliphatic rings. The minimum absolute atomic E-state index is 0.0975. The van der Waals surface area contributed by atoms with Gasteiger partial charge in [0.05, 0.1) is 6.20 Å². The van der Waals surface area contributed by atoms with Gasteiger partial charge in [-0.15, -0.1) is 11.3 Å². The van der Waals surface area contributed by atoms with Crippen molar-refractivity contribution in [3.8, 4) is 5.75 Å². The molecule has 2 N–H and O–H groups in total. The van der Waals surface area contributed by atoms with Gasteiger partial charge in [-0.2, -0.15) is 5.10 Å². The predicted molar refractivity (Wildman–Crippen MR) is 108 cm³/mol. The Kier molecular flexibility index (Phi) is 5.53. The molecule has 1 atom stereocenters. The number of phenolic OH excluding ortho intramolecular Hbond substituents is 1. The molecule has 3 rings (SSSR count). The Labute approximate surface area is 165 Å². The second-order valence-electron chi connectivity index (χ2n) is 6.58. The number of carbonyl (C=O) groups excluding carboxylic acids is 1.